The lowest BCUT2D eigenvalue weighted by molar-refractivity contribution is -0.126. The average molecular weight is 368 g/mol. The van der Waals surface area contributed by atoms with Crippen LogP contribution in [0.2, 0.25) is 0 Å². The number of hydrogen-bond donors (Lipinski definition) is 1. The van der Waals surface area contributed by atoms with Gasteiger partial charge in [0, 0.05) is 35.4 Å². The number of aryl methyl sites for hydroxylation is 1. The number of hydrogen-bond acceptors (Lipinski definition) is 4. The minimum Gasteiger partial charge on any atom is -0.468 e. The Morgan fingerprint density at radius 2 is 2.04 bits per heavy atom. The molecule has 2 aromatic heterocycles. The summed E-state index contributed by atoms with van der Waals surface area (Å²) >= 11 is 1.77. The van der Waals surface area contributed by atoms with Crippen molar-refractivity contribution < 1.29 is 14.0 Å². The zero-order valence-electron chi connectivity index (χ0n) is 14.5. The van der Waals surface area contributed by atoms with Gasteiger partial charge >= 0.3 is 0 Å². The van der Waals surface area contributed by atoms with Crippen molar-refractivity contribution in [1.82, 2.24) is 9.88 Å². The number of Topliss-reactive ketones (excluding diaryl/α,β-unsaturated/α-hetero) is 1. The number of benzene rings is 1. The number of para-hydroxylation sites is 1. The highest BCUT2D eigenvalue weighted by Crippen LogP contribution is 2.34. The van der Waals surface area contributed by atoms with Crippen LogP contribution in [-0.4, -0.2) is 40.4 Å². The third kappa shape index (κ3) is 3.05. The van der Waals surface area contributed by atoms with Gasteiger partial charge in [-0.1, -0.05) is 18.2 Å². The molecule has 26 heavy (non-hydrogen) atoms. The Hall–Kier alpha value is -2.47. The molecule has 0 saturated carbocycles. The second-order valence-corrected chi connectivity index (χ2v) is 7.77. The molecule has 0 radical (unpaired) electrons. The van der Waals surface area contributed by atoms with E-state index in [-0.39, 0.29) is 5.25 Å². The van der Waals surface area contributed by atoms with E-state index in [4.69, 9.17) is 4.42 Å². The van der Waals surface area contributed by atoms with Crippen LogP contribution in [0, 0.1) is 6.92 Å². The molecule has 1 N–H and O–H groups in total. The molecule has 4 rings (SSSR count). The summed E-state index contributed by atoms with van der Waals surface area (Å²) in [6, 6.07) is 11.4. The van der Waals surface area contributed by atoms with Crippen molar-refractivity contribution in [3.63, 3.8) is 0 Å². The maximum Gasteiger partial charge on any atom is 0.295 e. The Morgan fingerprint density at radius 3 is 2.85 bits per heavy atom. The summed E-state index contributed by atoms with van der Waals surface area (Å²) in [6.07, 6.45) is 2.46. The van der Waals surface area contributed by atoms with Gasteiger partial charge in [0.25, 0.3) is 11.7 Å². The fourth-order valence-electron chi connectivity index (χ4n) is 3.50. The molecule has 6 heteroatoms. The molecule has 1 aliphatic heterocycles. The maximum absolute atomic E-state index is 12.9. The summed E-state index contributed by atoms with van der Waals surface area (Å²) in [5.74, 6) is 0.875. The molecule has 3 aromatic rings. The zero-order chi connectivity index (χ0) is 18.1. The molecule has 0 spiro atoms. The first-order valence-electron chi connectivity index (χ1n) is 8.71. The lowest BCUT2D eigenvalue weighted by atomic mass is 10.1. The van der Waals surface area contributed by atoms with Crippen LogP contribution in [0.25, 0.3) is 10.9 Å². The number of aromatic amines is 1. The number of carbonyl (C=O) groups is 2. The van der Waals surface area contributed by atoms with Crippen molar-refractivity contribution in [2.45, 2.75) is 18.6 Å². The van der Waals surface area contributed by atoms with Gasteiger partial charge in [0.2, 0.25) is 0 Å². The molecular formula is C20H20N2O3S. The second kappa shape index (κ2) is 7.03. The Kier molecular flexibility index (Phi) is 4.59. The van der Waals surface area contributed by atoms with Crippen molar-refractivity contribution in [1.29, 1.82) is 0 Å². The molecule has 1 atom stereocenters. The number of fused-ring (bicyclic) bond motifs is 1. The summed E-state index contributed by atoms with van der Waals surface area (Å²) < 4.78 is 5.50. The fraction of sp³-hybridized carbons (Fsp3) is 0.300. The van der Waals surface area contributed by atoms with Gasteiger partial charge in [-0.05, 0) is 31.5 Å². The molecular weight excluding hydrogens is 348 g/mol. The number of rotatable bonds is 3. The largest absolute Gasteiger partial charge is 0.468 e. The highest BCUT2D eigenvalue weighted by Gasteiger charge is 2.30. The lowest BCUT2D eigenvalue weighted by Gasteiger charge is -2.19. The Balaban J connectivity index is 1.53. The Bertz CT molecular complexity index is 945. The number of furan rings is 1. The number of carbonyl (C=O) groups excluding carboxylic acids is 2. The topological polar surface area (TPSA) is 66.3 Å². The quantitative estimate of drug-likeness (QED) is 0.561. The molecule has 1 aliphatic rings. The van der Waals surface area contributed by atoms with Gasteiger partial charge in [-0.3, -0.25) is 9.59 Å². The molecule has 1 amide bonds. The third-order valence-corrected chi connectivity index (χ3v) is 6.09. The van der Waals surface area contributed by atoms with E-state index in [1.165, 1.54) is 0 Å². The van der Waals surface area contributed by atoms with E-state index in [2.05, 4.69) is 4.98 Å². The molecule has 1 aromatic carbocycles. The lowest BCUT2D eigenvalue weighted by Crippen LogP contribution is -2.38. The smallest absolute Gasteiger partial charge is 0.295 e. The van der Waals surface area contributed by atoms with E-state index in [0.717, 1.165) is 34.5 Å². The van der Waals surface area contributed by atoms with Gasteiger partial charge in [0.05, 0.1) is 17.1 Å². The van der Waals surface area contributed by atoms with Crippen LogP contribution in [0.1, 0.15) is 33.5 Å². The van der Waals surface area contributed by atoms with E-state index in [0.29, 0.717) is 18.7 Å². The van der Waals surface area contributed by atoms with Crippen LogP contribution in [-0.2, 0) is 4.79 Å². The summed E-state index contributed by atoms with van der Waals surface area (Å²) in [5.41, 5.74) is 2.11. The molecule has 1 unspecified atom stereocenters. The summed E-state index contributed by atoms with van der Waals surface area (Å²) in [7, 11) is 0. The number of amides is 1. The van der Waals surface area contributed by atoms with Gasteiger partial charge in [-0.25, -0.2) is 0 Å². The summed E-state index contributed by atoms with van der Waals surface area (Å²) in [6.45, 7) is 2.98. The number of thioether (sulfide) groups is 1. The first-order chi connectivity index (χ1) is 12.6. The van der Waals surface area contributed by atoms with Gasteiger partial charge in [-0.2, -0.15) is 0 Å². The third-order valence-electron chi connectivity index (χ3n) is 4.80. The van der Waals surface area contributed by atoms with E-state index >= 15 is 0 Å². The SMILES string of the molecule is Cc1[nH]c2ccccc2c1C(=O)C(=O)N1CCSC(c2ccco2)CC1. The molecule has 0 aliphatic carbocycles. The van der Waals surface area contributed by atoms with Crippen molar-refractivity contribution in [3.05, 3.63) is 59.7 Å². The first kappa shape index (κ1) is 17.0. The van der Waals surface area contributed by atoms with Crippen molar-refractivity contribution in [2.75, 3.05) is 18.8 Å². The van der Waals surface area contributed by atoms with Crippen LogP contribution in [0.15, 0.2) is 47.1 Å². The molecule has 3 heterocycles. The molecule has 1 fully saturated rings. The van der Waals surface area contributed by atoms with Gasteiger partial charge in [0.1, 0.15) is 5.76 Å². The minimum atomic E-state index is -0.429. The monoisotopic (exact) mass is 368 g/mol. The van der Waals surface area contributed by atoms with Crippen LogP contribution >= 0.6 is 11.8 Å². The number of H-pyrrole nitrogens is 1. The van der Waals surface area contributed by atoms with E-state index in [1.54, 1.807) is 22.9 Å². The van der Waals surface area contributed by atoms with Crippen LogP contribution in [0.3, 0.4) is 0 Å². The van der Waals surface area contributed by atoms with E-state index < -0.39 is 11.7 Å². The molecule has 134 valence electrons. The molecule has 5 nitrogen and oxygen atoms in total. The normalized spacial score (nSPS) is 18.0. The zero-order valence-corrected chi connectivity index (χ0v) is 15.3. The highest BCUT2D eigenvalue weighted by molar-refractivity contribution is 7.99. The maximum atomic E-state index is 12.9. The Morgan fingerprint density at radius 1 is 1.19 bits per heavy atom. The average Bonchev–Trinajstić information content (AvgIpc) is 3.21. The fourth-order valence-corrected chi connectivity index (χ4v) is 4.68. The highest BCUT2D eigenvalue weighted by atomic mass is 32.2. The summed E-state index contributed by atoms with van der Waals surface area (Å²) in [4.78, 5) is 30.7. The van der Waals surface area contributed by atoms with Crippen molar-refractivity contribution in [2.24, 2.45) is 0 Å². The van der Waals surface area contributed by atoms with Gasteiger partial charge in [-0.15, -0.1) is 11.8 Å². The number of aromatic nitrogens is 1. The van der Waals surface area contributed by atoms with Crippen molar-refractivity contribution >= 4 is 34.4 Å². The van der Waals surface area contributed by atoms with E-state index in [1.807, 2.05) is 43.3 Å². The molecule has 1 saturated heterocycles. The van der Waals surface area contributed by atoms with Crippen LogP contribution in [0.5, 0.6) is 0 Å². The Labute approximate surface area is 155 Å². The van der Waals surface area contributed by atoms with Crippen LogP contribution in [0.4, 0.5) is 0 Å². The van der Waals surface area contributed by atoms with Crippen molar-refractivity contribution in [3.8, 4) is 0 Å². The van der Waals surface area contributed by atoms with Crippen LogP contribution < -0.4 is 0 Å². The number of ketones is 1. The molecule has 0 bridgehead atoms. The predicted octanol–water partition coefficient (Wildman–Crippen LogP) is 3.96. The number of nitrogens with one attached hydrogen (secondary N) is 1. The van der Waals surface area contributed by atoms with Gasteiger partial charge < -0.3 is 14.3 Å². The first-order valence-corrected chi connectivity index (χ1v) is 9.76. The van der Waals surface area contributed by atoms with E-state index in [9.17, 15) is 9.59 Å². The van der Waals surface area contributed by atoms with Gasteiger partial charge in [0.15, 0.2) is 0 Å². The minimum absolute atomic E-state index is 0.229. The second-order valence-electron chi connectivity index (χ2n) is 6.46. The predicted molar refractivity (Wildman–Crippen MR) is 102 cm³/mol. The number of nitrogens with zero attached hydrogens (tertiary/aromatic N) is 1. The standard InChI is InChI=1S/C20H20N2O3S/c1-13-18(14-5-2-3-6-15(14)21-13)19(23)20(24)22-9-8-17(26-12-10-22)16-7-4-11-25-16/h2-7,11,17,21H,8-10,12H2,1H3. The summed E-state index contributed by atoms with van der Waals surface area (Å²) in [5, 5.41) is 1.04.